The normalized spacial score (nSPS) is 9.93. The van der Waals surface area contributed by atoms with Crippen molar-refractivity contribution in [3.8, 4) is 0 Å². The van der Waals surface area contributed by atoms with E-state index in [0.29, 0.717) is 6.42 Å². The minimum atomic E-state index is -0.118. The number of pyridine rings is 1. The van der Waals surface area contributed by atoms with E-state index in [4.69, 9.17) is 0 Å². The first-order valence-electron chi connectivity index (χ1n) is 5.29. The third kappa shape index (κ3) is 5.15. The van der Waals surface area contributed by atoms with Gasteiger partial charge in [-0.25, -0.2) is 0 Å². The van der Waals surface area contributed by atoms with E-state index in [1.165, 1.54) is 7.11 Å². The van der Waals surface area contributed by atoms with Crippen molar-refractivity contribution in [3.05, 3.63) is 30.1 Å². The summed E-state index contributed by atoms with van der Waals surface area (Å²) in [7, 11) is 1.43. The van der Waals surface area contributed by atoms with E-state index < -0.39 is 0 Å². The van der Waals surface area contributed by atoms with E-state index >= 15 is 0 Å². The van der Waals surface area contributed by atoms with Gasteiger partial charge in [-0.2, -0.15) is 0 Å². The molecule has 0 aromatic carbocycles. The Bertz CT molecular complexity index is 285. The van der Waals surface area contributed by atoms with Crippen LogP contribution in [-0.2, 0) is 16.0 Å². The van der Waals surface area contributed by atoms with Crippen LogP contribution in [0.2, 0.25) is 0 Å². The molecule has 1 heterocycles. The van der Waals surface area contributed by atoms with Gasteiger partial charge in [0.2, 0.25) is 0 Å². The molecule has 0 unspecified atom stereocenters. The number of unbranched alkanes of at least 4 members (excludes halogenated alkanes) is 2. The highest BCUT2D eigenvalue weighted by Crippen LogP contribution is 2.05. The largest absolute Gasteiger partial charge is 0.469 e. The third-order valence-electron chi connectivity index (χ3n) is 2.27. The third-order valence-corrected chi connectivity index (χ3v) is 2.27. The number of carbonyl (C=O) groups is 1. The molecule has 3 nitrogen and oxygen atoms in total. The van der Waals surface area contributed by atoms with E-state index in [1.807, 2.05) is 24.4 Å². The molecular weight excluding hydrogens is 190 g/mol. The molecule has 1 aromatic rings. The molecule has 0 saturated carbocycles. The zero-order valence-corrected chi connectivity index (χ0v) is 9.11. The predicted octanol–water partition coefficient (Wildman–Crippen LogP) is 2.36. The molecule has 0 amide bonds. The maximum absolute atomic E-state index is 10.8. The lowest BCUT2D eigenvalue weighted by atomic mass is 10.1. The predicted molar refractivity (Wildman–Crippen MR) is 58.4 cm³/mol. The summed E-state index contributed by atoms with van der Waals surface area (Å²) in [6.45, 7) is 0. The highest BCUT2D eigenvalue weighted by molar-refractivity contribution is 5.68. The second-order valence-corrected chi connectivity index (χ2v) is 3.46. The van der Waals surface area contributed by atoms with Crippen LogP contribution in [0.25, 0.3) is 0 Å². The molecule has 3 heteroatoms. The quantitative estimate of drug-likeness (QED) is 0.531. The van der Waals surface area contributed by atoms with Crippen molar-refractivity contribution in [2.45, 2.75) is 32.1 Å². The minimum absolute atomic E-state index is 0.118. The van der Waals surface area contributed by atoms with Crippen LogP contribution in [0, 0.1) is 0 Å². The van der Waals surface area contributed by atoms with Crippen molar-refractivity contribution >= 4 is 5.97 Å². The van der Waals surface area contributed by atoms with E-state index in [1.54, 1.807) is 0 Å². The molecule has 0 fully saturated rings. The summed E-state index contributed by atoms with van der Waals surface area (Å²) in [6.07, 6.45) is 6.35. The summed E-state index contributed by atoms with van der Waals surface area (Å²) < 4.78 is 4.56. The summed E-state index contributed by atoms with van der Waals surface area (Å²) in [6, 6.07) is 5.94. The van der Waals surface area contributed by atoms with Gasteiger partial charge < -0.3 is 4.74 Å². The second kappa shape index (κ2) is 6.98. The number of rotatable bonds is 6. The molecule has 0 radical (unpaired) electrons. The monoisotopic (exact) mass is 207 g/mol. The van der Waals surface area contributed by atoms with Crippen LogP contribution < -0.4 is 0 Å². The zero-order valence-electron chi connectivity index (χ0n) is 9.11. The van der Waals surface area contributed by atoms with Gasteiger partial charge in [0.15, 0.2) is 0 Å². The van der Waals surface area contributed by atoms with Gasteiger partial charge in [0.1, 0.15) is 0 Å². The van der Waals surface area contributed by atoms with Crippen LogP contribution in [0.5, 0.6) is 0 Å². The van der Waals surface area contributed by atoms with E-state index in [0.717, 1.165) is 31.4 Å². The number of nitrogens with zero attached hydrogens (tertiary/aromatic N) is 1. The molecule has 15 heavy (non-hydrogen) atoms. The summed E-state index contributed by atoms with van der Waals surface area (Å²) >= 11 is 0. The van der Waals surface area contributed by atoms with Gasteiger partial charge in [-0.15, -0.1) is 0 Å². The topological polar surface area (TPSA) is 39.2 Å². The molecule has 0 aliphatic heterocycles. The number of hydrogen-bond acceptors (Lipinski definition) is 3. The average Bonchev–Trinajstić information content (AvgIpc) is 2.29. The molecule has 0 N–H and O–H groups in total. The minimum Gasteiger partial charge on any atom is -0.469 e. The van der Waals surface area contributed by atoms with Crippen molar-refractivity contribution in [3.63, 3.8) is 0 Å². The molecule has 0 aliphatic rings. The molecule has 0 atom stereocenters. The Hall–Kier alpha value is -1.38. The summed E-state index contributed by atoms with van der Waals surface area (Å²) in [5, 5.41) is 0. The first-order valence-corrected chi connectivity index (χ1v) is 5.29. The van der Waals surface area contributed by atoms with Gasteiger partial charge in [-0.05, 0) is 31.4 Å². The molecule has 82 valence electrons. The Morgan fingerprint density at radius 3 is 2.87 bits per heavy atom. The summed E-state index contributed by atoms with van der Waals surface area (Å²) in [5.41, 5.74) is 1.12. The SMILES string of the molecule is COC(=O)CCCCCc1ccccn1. The molecule has 0 saturated heterocycles. The molecule has 0 spiro atoms. The Morgan fingerprint density at radius 2 is 2.20 bits per heavy atom. The Kier molecular flexibility index (Phi) is 5.44. The van der Waals surface area contributed by atoms with Crippen molar-refractivity contribution < 1.29 is 9.53 Å². The first-order chi connectivity index (χ1) is 7.33. The molecule has 0 bridgehead atoms. The van der Waals surface area contributed by atoms with Gasteiger partial charge in [0, 0.05) is 18.3 Å². The van der Waals surface area contributed by atoms with E-state index in [9.17, 15) is 4.79 Å². The Labute approximate surface area is 90.5 Å². The fraction of sp³-hybridized carbons (Fsp3) is 0.500. The fourth-order valence-electron chi connectivity index (χ4n) is 1.40. The second-order valence-electron chi connectivity index (χ2n) is 3.46. The van der Waals surface area contributed by atoms with Crippen molar-refractivity contribution in [1.82, 2.24) is 4.98 Å². The number of hydrogen-bond donors (Lipinski definition) is 0. The van der Waals surface area contributed by atoms with Crippen LogP contribution >= 0.6 is 0 Å². The van der Waals surface area contributed by atoms with E-state index in [-0.39, 0.29) is 5.97 Å². The lowest BCUT2D eigenvalue weighted by molar-refractivity contribution is -0.140. The average molecular weight is 207 g/mol. The number of aryl methyl sites for hydroxylation is 1. The Morgan fingerprint density at radius 1 is 1.33 bits per heavy atom. The van der Waals surface area contributed by atoms with Gasteiger partial charge in [0.05, 0.1) is 7.11 Å². The van der Waals surface area contributed by atoms with Gasteiger partial charge in [0.25, 0.3) is 0 Å². The maximum Gasteiger partial charge on any atom is 0.305 e. The Balaban J connectivity index is 2.05. The van der Waals surface area contributed by atoms with Crippen LogP contribution in [0.4, 0.5) is 0 Å². The van der Waals surface area contributed by atoms with Crippen LogP contribution in [0.15, 0.2) is 24.4 Å². The first kappa shape index (κ1) is 11.7. The molecular formula is C12H17NO2. The van der Waals surface area contributed by atoms with Crippen LogP contribution in [0.1, 0.15) is 31.4 Å². The van der Waals surface area contributed by atoms with Crippen molar-refractivity contribution in [1.29, 1.82) is 0 Å². The summed E-state index contributed by atoms with van der Waals surface area (Å²) in [4.78, 5) is 15.0. The zero-order chi connectivity index (χ0) is 10.9. The summed E-state index contributed by atoms with van der Waals surface area (Å²) in [5.74, 6) is -0.118. The fourth-order valence-corrected chi connectivity index (χ4v) is 1.40. The molecule has 1 rings (SSSR count). The van der Waals surface area contributed by atoms with Gasteiger partial charge in [-0.1, -0.05) is 12.5 Å². The van der Waals surface area contributed by atoms with Crippen LogP contribution in [-0.4, -0.2) is 18.1 Å². The molecule has 0 aliphatic carbocycles. The van der Waals surface area contributed by atoms with Crippen LogP contribution in [0.3, 0.4) is 0 Å². The smallest absolute Gasteiger partial charge is 0.305 e. The number of aromatic nitrogens is 1. The standard InChI is InChI=1S/C12H17NO2/c1-15-12(14)9-4-2-3-7-11-8-5-6-10-13-11/h5-6,8,10H,2-4,7,9H2,1H3. The lowest BCUT2D eigenvalue weighted by Crippen LogP contribution is -1.99. The molecule has 1 aromatic heterocycles. The van der Waals surface area contributed by atoms with E-state index in [2.05, 4.69) is 9.72 Å². The van der Waals surface area contributed by atoms with Gasteiger partial charge in [-0.3, -0.25) is 9.78 Å². The maximum atomic E-state index is 10.8. The lowest BCUT2D eigenvalue weighted by Gasteiger charge is -2.00. The number of carbonyl (C=O) groups excluding carboxylic acids is 1. The number of esters is 1. The van der Waals surface area contributed by atoms with Gasteiger partial charge >= 0.3 is 5.97 Å². The number of methoxy groups -OCH3 is 1. The highest BCUT2D eigenvalue weighted by Gasteiger charge is 1.99. The number of ether oxygens (including phenoxy) is 1. The highest BCUT2D eigenvalue weighted by atomic mass is 16.5. The van der Waals surface area contributed by atoms with Crippen molar-refractivity contribution in [2.75, 3.05) is 7.11 Å². The van der Waals surface area contributed by atoms with Crippen molar-refractivity contribution in [2.24, 2.45) is 0 Å².